The molecule has 9 nitrogen and oxygen atoms in total. The fourth-order valence-electron chi connectivity index (χ4n) is 3.95. The van der Waals surface area contributed by atoms with Crippen LogP contribution in [0.2, 0.25) is 0 Å². The van der Waals surface area contributed by atoms with E-state index in [0.717, 1.165) is 52.5 Å². The topological polar surface area (TPSA) is 126 Å². The minimum atomic E-state index is -0.824. The SMILES string of the molecule is CCCCCC(=O)N[C@H](CCC(=O)Nc1c(C)cc(C)c(Br)c1C)C(=O)NCCOCCNC(=O)CCC. The lowest BCUT2D eigenvalue weighted by molar-refractivity contribution is -0.129. The molecule has 0 bridgehead atoms. The summed E-state index contributed by atoms with van der Waals surface area (Å²) in [5, 5.41) is 11.3. The number of nitrogens with one attached hydrogen (secondary N) is 4. The number of hydrogen-bond donors (Lipinski definition) is 4. The first kappa shape index (κ1) is 33.6. The Labute approximate surface area is 235 Å². The van der Waals surface area contributed by atoms with E-state index < -0.39 is 6.04 Å². The van der Waals surface area contributed by atoms with Gasteiger partial charge in [-0.15, -0.1) is 0 Å². The highest BCUT2D eigenvalue weighted by Gasteiger charge is 2.22. The van der Waals surface area contributed by atoms with Crippen molar-refractivity contribution in [2.75, 3.05) is 31.6 Å². The van der Waals surface area contributed by atoms with Crippen molar-refractivity contribution in [3.05, 3.63) is 27.2 Å². The third kappa shape index (κ3) is 12.9. The first-order chi connectivity index (χ1) is 18.1. The first-order valence-corrected chi connectivity index (χ1v) is 14.4. The number of anilines is 1. The van der Waals surface area contributed by atoms with Crippen molar-refractivity contribution >= 4 is 45.2 Å². The van der Waals surface area contributed by atoms with Gasteiger partial charge in [-0.3, -0.25) is 19.2 Å². The third-order valence-electron chi connectivity index (χ3n) is 6.05. The molecule has 214 valence electrons. The minimum absolute atomic E-state index is 0.00806. The van der Waals surface area contributed by atoms with E-state index in [-0.39, 0.29) is 49.6 Å². The lowest BCUT2D eigenvalue weighted by atomic mass is 10.0. The van der Waals surface area contributed by atoms with Crippen LogP contribution in [0.15, 0.2) is 10.5 Å². The third-order valence-corrected chi connectivity index (χ3v) is 7.27. The summed E-state index contributed by atoms with van der Waals surface area (Å²) >= 11 is 3.56. The number of ether oxygens (including phenoxy) is 1. The summed E-state index contributed by atoms with van der Waals surface area (Å²) in [6.07, 6.45) is 4.55. The fourth-order valence-corrected chi connectivity index (χ4v) is 4.26. The van der Waals surface area contributed by atoms with E-state index in [1.54, 1.807) is 0 Å². The van der Waals surface area contributed by atoms with Gasteiger partial charge in [0.05, 0.1) is 13.2 Å². The Bertz CT molecular complexity index is 938. The molecule has 0 heterocycles. The Kier molecular flexibility index (Phi) is 16.6. The highest BCUT2D eigenvalue weighted by molar-refractivity contribution is 9.10. The van der Waals surface area contributed by atoms with Crippen molar-refractivity contribution in [2.24, 2.45) is 0 Å². The number of amides is 4. The zero-order valence-corrected chi connectivity index (χ0v) is 25.1. The molecular formula is C28H45BrN4O5. The predicted molar refractivity (Wildman–Crippen MR) is 154 cm³/mol. The van der Waals surface area contributed by atoms with E-state index in [0.29, 0.717) is 26.0 Å². The Balaban J connectivity index is 2.62. The van der Waals surface area contributed by atoms with Crippen molar-refractivity contribution in [1.82, 2.24) is 16.0 Å². The van der Waals surface area contributed by atoms with Gasteiger partial charge in [0.15, 0.2) is 0 Å². The van der Waals surface area contributed by atoms with Crippen molar-refractivity contribution in [3.63, 3.8) is 0 Å². The number of carbonyl (C=O) groups excluding carboxylic acids is 4. The molecule has 0 unspecified atom stereocenters. The number of halogens is 1. The summed E-state index contributed by atoms with van der Waals surface area (Å²) in [6, 6.07) is 1.18. The van der Waals surface area contributed by atoms with Crippen LogP contribution in [-0.2, 0) is 23.9 Å². The van der Waals surface area contributed by atoms with Crippen LogP contribution in [0.25, 0.3) is 0 Å². The van der Waals surface area contributed by atoms with Gasteiger partial charge in [-0.1, -0.05) is 48.7 Å². The number of aryl methyl sites for hydroxylation is 2. The highest BCUT2D eigenvalue weighted by Crippen LogP contribution is 2.31. The monoisotopic (exact) mass is 596 g/mol. The van der Waals surface area contributed by atoms with Gasteiger partial charge < -0.3 is 26.0 Å². The molecule has 38 heavy (non-hydrogen) atoms. The Morgan fingerprint density at radius 3 is 2.18 bits per heavy atom. The molecule has 0 aliphatic rings. The van der Waals surface area contributed by atoms with Crippen LogP contribution in [0, 0.1) is 20.8 Å². The lowest BCUT2D eigenvalue weighted by Gasteiger charge is -2.19. The van der Waals surface area contributed by atoms with Gasteiger partial charge in [0.25, 0.3) is 0 Å². The molecule has 0 spiro atoms. The van der Waals surface area contributed by atoms with Crippen LogP contribution in [0.4, 0.5) is 5.69 Å². The maximum atomic E-state index is 12.8. The molecule has 0 radical (unpaired) electrons. The van der Waals surface area contributed by atoms with Gasteiger partial charge in [-0.05, 0) is 56.7 Å². The van der Waals surface area contributed by atoms with Gasteiger partial charge in [-0.2, -0.15) is 0 Å². The molecule has 0 aromatic heterocycles. The molecule has 1 aromatic carbocycles. The van der Waals surface area contributed by atoms with Crippen molar-refractivity contribution in [2.45, 2.75) is 92.0 Å². The Morgan fingerprint density at radius 1 is 0.842 bits per heavy atom. The van der Waals surface area contributed by atoms with E-state index in [2.05, 4.69) is 44.1 Å². The van der Waals surface area contributed by atoms with Crippen LogP contribution in [0.3, 0.4) is 0 Å². The maximum absolute atomic E-state index is 12.8. The van der Waals surface area contributed by atoms with E-state index >= 15 is 0 Å². The normalized spacial score (nSPS) is 11.5. The van der Waals surface area contributed by atoms with Crippen LogP contribution in [0.1, 0.15) is 81.9 Å². The molecule has 10 heteroatoms. The van der Waals surface area contributed by atoms with E-state index in [4.69, 9.17) is 4.74 Å². The Hall–Kier alpha value is -2.46. The van der Waals surface area contributed by atoms with Crippen LogP contribution < -0.4 is 21.3 Å². The number of benzene rings is 1. The molecule has 1 atom stereocenters. The molecule has 4 amide bonds. The van der Waals surface area contributed by atoms with Crippen LogP contribution in [-0.4, -0.2) is 56.0 Å². The van der Waals surface area contributed by atoms with Crippen LogP contribution in [0.5, 0.6) is 0 Å². The molecule has 0 saturated carbocycles. The molecule has 0 saturated heterocycles. The number of unbranched alkanes of at least 4 members (excludes halogenated alkanes) is 2. The van der Waals surface area contributed by atoms with E-state index in [9.17, 15) is 19.2 Å². The highest BCUT2D eigenvalue weighted by atomic mass is 79.9. The summed E-state index contributed by atoms with van der Waals surface area (Å²) in [7, 11) is 0. The Morgan fingerprint density at radius 2 is 1.53 bits per heavy atom. The quantitative estimate of drug-likeness (QED) is 0.189. The molecular weight excluding hydrogens is 552 g/mol. The molecule has 0 fully saturated rings. The zero-order valence-electron chi connectivity index (χ0n) is 23.6. The van der Waals surface area contributed by atoms with Gasteiger partial charge >= 0.3 is 0 Å². The second-order valence-electron chi connectivity index (χ2n) is 9.49. The first-order valence-electron chi connectivity index (χ1n) is 13.6. The van der Waals surface area contributed by atoms with E-state index in [1.807, 2.05) is 33.8 Å². The van der Waals surface area contributed by atoms with Crippen molar-refractivity contribution < 1.29 is 23.9 Å². The summed E-state index contributed by atoms with van der Waals surface area (Å²) in [4.78, 5) is 49.5. The van der Waals surface area contributed by atoms with Gasteiger partial charge in [0, 0.05) is 42.5 Å². The molecule has 0 aliphatic carbocycles. The average molecular weight is 598 g/mol. The van der Waals surface area contributed by atoms with Gasteiger partial charge in [0.1, 0.15) is 6.04 Å². The van der Waals surface area contributed by atoms with Gasteiger partial charge in [0.2, 0.25) is 23.6 Å². The number of rotatable bonds is 18. The minimum Gasteiger partial charge on any atom is -0.378 e. The summed E-state index contributed by atoms with van der Waals surface area (Å²) in [5.41, 5.74) is 3.74. The predicted octanol–water partition coefficient (Wildman–Crippen LogP) is 4.21. The molecule has 1 rings (SSSR count). The number of hydrogen-bond acceptors (Lipinski definition) is 5. The van der Waals surface area contributed by atoms with E-state index in [1.165, 1.54) is 0 Å². The largest absolute Gasteiger partial charge is 0.378 e. The average Bonchev–Trinajstić information content (AvgIpc) is 2.87. The molecule has 4 N–H and O–H groups in total. The van der Waals surface area contributed by atoms with Gasteiger partial charge in [-0.25, -0.2) is 0 Å². The number of carbonyl (C=O) groups is 4. The second kappa shape index (κ2) is 18.7. The van der Waals surface area contributed by atoms with Crippen molar-refractivity contribution in [1.29, 1.82) is 0 Å². The summed E-state index contributed by atoms with van der Waals surface area (Å²) in [6.45, 7) is 11.2. The lowest BCUT2D eigenvalue weighted by Crippen LogP contribution is -2.47. The molecule has 1 aromatic rings. The van der Waals surface area contributed by atoms with Crippen LogP contribution >= 0.6 is 15.9 Å². The smallest absolute Gasteiger partial charge is 0.242 e. The van der Waals surface area contributed by atoms with Crippen molar-refractivity contribution in [3.8, 4) is 0 Å². The standard InChI is InChI=1S/C28H45BrN4O5/c1-6-8-9-11-24(35)32-22(28(37)31-15-17-38-16-14-30-23(34)10-7-2)12-13-25(36)33-27-20(4)18-19(3)26(29)21(27)5/h18,22H,6-17H2,1-5H3,(H,30,34)(H,31,37)(H,32,35)(H,33,36)/t22-/m1/s1. The zero-order chi connectivity index (χ0) is 28.5. The maximum Gasteiger partial charge on any atom is 0.242 e. The molecule has 0 aliphatic heterocycles. The second-order valence-corrected chi connectivity index (χ2v) is 10.3. The summed E-state index contributed by atoms with van der Waals surface area (Å²) in [5.74, 6) is -0.788. The fraction of sp³-hybridized carbons (Fsp3) is 0.643. The summed E-state index contributed by atoms with van der Waals surface area (Å²) < 4.78 is 6.40.